The van der Waals surface area contributed by atoms with Crippen molar-refractivity contribution in [2.75, 3.05) is 13.1 Å². The zero-order valence-corrected chi connectivity index (χ0v) is 9.26. The van der Waals surface area contributed by atoms with E-state index in [0.717, 1.165) is 0 Å². The normalized spacial score (nSPS) is 22.0. The third-order valence-corrected chi connectivity index (χ3v) is 2.07. The van der Waals surface area contributed by atoms with Crippen LogP contribution in [0, 0.1) is 0 Å². The van der Waals surface area contributed by atoms with Gasteiger partial charge in [-0.15, -0.1) is 19.7 Å². The topological polar surface area (TPSA) is 41.9 Å². The molecule has 1 amide bonds. The Morgan fingerprint density at radius 3 is 2.62 bits per heavy atom. The highest BCUT2D eigenvalue weighted by Crippen LogP contribution is 2.16. The quantitative estimate of drug-likeness (QED) is 0.637. The number of carbonyl (C=O) groups excluding carboxylic acids is 1. The van der Waals surface area contributed by atoms with Gasteiger partial charge in [0.1, 0.15) is 0 Å². The first-order valence-electron chi connectivity index (χ1n) is 5.09. The fourth-order valence-electron chi connectivity index (χ4n) is 1.37. The summed E-state index contributed by atoms with van der Waals surface area (Å²) in [5.41, 5.74) is 0. The molecule has 4 nitrogen and oxygen atoms in total. The fraction of sp³-hybridized carbons (Fsp3) is 0.333. The summed E-state index contributed by atoms with van der Waals surface area (Å²) in [5.74, 6) is -0.0948. The van der Waals surface area contributed by atoms with Crippen LogP contribution in [-0.4, -0.2) is 36.0 Å². The van der Waals surface area contributed by atoms with E-state index in [9.17, 15) is 4.79 Å². The summed E-state index contributed by atoms with van der Waals surface area (Å²) in [6, 6.07) is 0.344. The van der Waals surface area contributed by atoms with E-state index < -0.39 is 6.10 Å². The van der Waals surface area contributed by atoms with Crippen molar-refractivity contribution in [3.8, 4) is 0 Å². The second-order valence-corrected chi connectivity index (χ2v) is 3.28. The molecule has 1 saturated heterocycles. The minimum atomic E-state index is -0.499. The molecule has 0 aliphatic carbocycles. The summed E-state index contributed by atoms with van der Waals surface area (Å²) in [7, 11) is 0. The van der Waals surface area contributed by atoms with Crippen LogP contribution in [-0.2, 0) is 9.53 Å². The molecule has 4 heteroatoms. The molecule has 86 valence electrons. The number of rotatable bonds is 6. The van der Waals surface area contributed by atoms with Crippen LogP contribution in [0.5, 0.6) is 0 Å². The molecule has 1 aliphatic rings. The molecule has 1 rings (SSSR count). The van der Waals surface area contributed by atoms with E-state index in [1.165, 1.54) is 4.90 Å². The summed E-state index contributed by atoms with van der Waals surface area (Å²) < 4.78 is 5.44. The lowest BCUT2D eigenvalue weighted by atomic mass is 10.2. The number of hydrogen-bond donors (Lipinski definition) is 0. The van der Waals surface area contributed by atoms with Crippen molar-refractivity contribution in [1.82, 2.24) is 4.90 Å². The molecule has 1 atom stereocenters. The minimum Gasteiger partial charge on any atom is -0.451 e. The lowest BCUT2D eigenvalue weighted by molar-refractivity contribution is -0.129. The standard InChI is InChI=1S/C12H16N2O2/c1-4-7-10-11(15)14(9-6-3)12(16-10)13-8-5-2/h4-6,10H,1-3,7-9H2/b13-12-. The molecular formula is C12H16N2O2. The lowest BCUT2D eigenvalue weighted by Gasteiger charge is -2.10. The SMILES string of the molecule is C=CC/N=C1\OC(CC=C)C(=O)N1CC=C. The molecule has 0 aromatic carbocycles. The smallest absolute Gasteiger partial charge is 0.295 e. The molecule has 0 aromatic rings. The molecule has 0 radical (unpaired) electrons. The molecule has 0 saturated carbocycles. The molecule has 0 N–H and O–H groups in total. The average molecular weight is 220 g/mol. The first kappa shape index (κ1) is 12.2. The number of hydrogen-bond acceptors (Lipinski definition) is 3. The Balaban J connectivity index is 2.82. The first-order valence-corrected chi connectivity index (χ1v) is 5.09. The minimum absolute atomic E-state index is 0.0948. The highest BCUT2D eigenvalue weighted by molar-refractivity contribution is 6.02. The van der Waals surface area contributed by atoms with E-state index in [1.54, 1.807) is 18.2 Å². The Hall–Kier alpha value is -1.84. The molecular weight excluding hydrogens is 204 g/mol. The fourth-order valence-corrected chi connectivity index (χ4v) is 1.37. The van der Waals surface area contributed by atoms with Gasteiger partial charge in [-0.05, 0) is 0 Å². The Kier molecular flexibility index (Phi) is 4.51. The van der Waals surface area contributed by atoms with E-state index in [-0.39, 0.29) is 5.91 Å². The molecule has 0 aromatic heterocycles. The van der Waals surface area contributed by atoms with Gasteiger partial charge in [-0.2, -0.15) is 0 Å². The zero-order chi connectivity index (χ0) is 12.0. The average Bonchev–Trinajstić information content (AvgIpc) is 2.56. The third-order valence-electron chi connectivity index (χ3n) is 2.07. The van der Waals surface area contributed by atoms with Gasteiger partial charge in [0, 0.05) is 13.0 Å². The number of carbonyl (C=O) groups is 1. The van der Waals surface area contributed by atoms with Crippen LogP contribution < -0.4 is 0 Å². The van der Waals surface area contributed by atoms with E-state index in [1.807, 2.05) is 0 Å². The van der Waals surface area contributed by atoms with E-state index in [2.05, 4.69) is 24.7 Å². The van der Waals surface area contributed by atoms with Crippen molar-refractivity contribution in [3.63, 3.8) is 0 Å². The molecule has 1 fully saturated rings. The van der Waals surface area contributed by atoms with Crippen molar-refractivity contribution in [1.29, 1.82) is 0 Å². The van der Waals surface area contributed by atoms with Gasteiger partial charge in [0.15, 0.2) is 6.10 Å². The van der Waals surface area contributed by atoms with Crippen LogP contribution in [0.2, 0.25) is 0 Å². The number of aliphatic imine (C=N–C) groups is 1. The van der Waals surface area contributed by atoms with Crippen LogP contribution in [0.25, 0.3) is 0 Å². The number of amidine groups is 1. The largest absolute Gasteiger partial charge is 0.451 e. The van der Waals surface area contributed by atoms with Gasteiger partial charge in [0.05, 0.1) is 6.54 Å². The summed E-state index contributed by atoms with van der Waals surface area (Å²) in [6.45, 7) is 11.6. The highest BCUT2D eigenvalue weighted by Gasteiger charge is 2.37. The van der Waals surface area contributed by atoms with Gasteiger partial charge < -0.3 is 4.74 Å². The maximum atomic E-state index is 11.9. The van der Waals surface area contributed by atoms with Gasteiger partial charge >= 0.3 is 0 Å². The summed E-state index contributed by atoms with van der Waals surface area (Å²) in [5, 5.41) is 0. The Bertz CT molecular complexity index is 334. The van der Waals surface area contributed by atoms with Gasteiger partial charge in [-0.3, -0.25) is 9.69 Å². The Morgan fingerprint density at radius 2 is 2.06 bits per heavy atom. The summed E-state index contributed by atoms with van der Waals surface area (Å²) in [4.78, 5) is 17.5. The molecule has 1 aliphatic heterocycles. The maximum Gasteiger partial charge on any atom is 0.295 e. The van der Waals surface area contributed by atoms with Crippen molar-refractivity contribution >= 4 is 11.9 Å². The van der Waals surface area contributed by atoms with Crippen LogP contribution in [0.1, 0.15) is 6.42 Å². The number of nitrogens with zero attached hydrogens (tertiary/aromatic N) is 2. The molecule has 16 heavy (non-hydrogen) atoms. The van der Waals surface area contributed by atoms with Crippen LogP contribution in [0.4, 0.5) is 0 Å². The van der Waals surface area contributed by atoms with Gasteiger partial charge in [-0.1, -0.05) is 18.2 Å². The first-order chi connectivity index (χ1) is 7.74. The predicted molar refractivity (Wildman–Crippen MR) is 64.1 cm³/mol. The third kappa shape index (κ3) is 2.59. The van der Waals surface area contributed by atoms with Gasteiger partial charge in [0.25, 0.3) is 11.9 Å². The van der Waals surface area contributed by atoms with Crippen LogP contribution >= 0.6 is 0 Å². The van der Waals surface area contributed by atoms with Gasteiger partial charge in [-0.25, -0.2) is 4.99 Å². The van der Waals surface area contributed by atoms with E-state index >= 15 is 0 Å². The monoisotopic (exact) mass is 220 g/mol. The van der Waals surface area contributed by atoms with Crippen molar-refractivity contribution in [2.24, 2.45) is 4.99 Å². The second kappa shape index (κ2) is 5.90. The second-order valence-electron chi connectivity index (χ2n) is 3.28. The van der Waals surface area contributed by atoms with E-state index in [4.69, 9.17) is 4.74 Å². The van der Waals surface area contributed by atoms with Crippen LogP contribution in [0.3, 0.4) is 0 Å². The zero-order valence-electron chi connectivity index (χ0n) is 9.26. The number of ether oxygens (including phenoxy) is 1. The Morgan fingerprint density at radius 1 is 1.31 bits per heavy atom. The summed E-state index contributed by atoms with van der Waals surface area (Å²) >= 11 is 0. The predicted octanol–water partition coefficient (Wildman–Crippen LogP) is 1.52. The Labute approximate surface area is 95.6 Å². The van der Waals surface area contributed by atoms with E-state index in [0.29, 0.717) is 25.5 Å². The van der Waals surface area contributed by atoms with Crippen molar-refractivity contribution < 1.29 is 9.53 Å². The molecule has 1 heterocycles. The van der Waals surface area contributed by atoms with Crippen LogP contribution in [0.15, 0.2) is 43.0 Å². The molecule has 1 unspecified atom stereocenters. The summed E-state index contributed by atoms with van der Waals surface area (Å²) in [6.07, 6.45) is 4.93. The molecule has 0 bridgehead atoms. The van der Waals surface area contributed by atoms with Crippen molar-refractivity contribution in [3.05, 3.63) is 38.0 Å². The maximum absolute atomic E-state index is 11.9. The lowest BCUT2D eigenvalue weighted by Crippen LogP contribution is -2.32. The molecule has 0 spiro atoms. The van der Waals surface area contributed by atoms with Crippen molar-refractivity contribution in [2.45, 2.75) is 12.5 Å². The highest BCUT2D eigenvalue weighted by atomic mass is 16.5. The number of amides is 1. The van der Waals surface area contributed by atoms with Gasteiger partial charge in [0.2, 0.25) is 0 Å².